The van der Waals surface area contributed by atoms with Gasteiger partial charge >= 0.3 is 6.09 Å². The number of amides is 1. The van der Waals surface area contributed by atoms with E-state index in [4.69, 9.17) is 4.74 Å². The predicted octanol–water partition coefficient (Wildman–Crippen LogP) is 3.10. The molecule has 2 heterocycles. The van der Waals surface area contributed by atoms with E-state index in [1.165, 1.54) is 4.90 Å². The van der Waals surface area contributed by atoms with Crippen LogP contribution in [0.1, 0.15) is 36.7 Å². The van der Waals surface area contributed by atoms with E-state index in [0.29, 0.717) is 12.1 Å². The van der Waals surface area contributed by atoms with E-state index < -0.39 is 11.7 Å². The first-order chi connectivity index (χ1) is 9.85. The van der Waals surface area contributed by atoms with Crippen molar-refractivity contribution in [3.8, 4) is 0 Å². The van der Waals surface area contributed by atoms with Crippen LogP contribution < -0.4 is 0 Å². The summed E-state index contributed by atoms with van der Waals surface area (Å²) < 4.78 is 5.38. The quantitative estimate of drug-likeness (QED) is 0.809. The van der Waals surface area contributed by atoms with Gasteiger partial charge in [0.15, 0.2) is 5.78 Å². The number of ketones is 1. The van der Waals surface area contributed by atoms with Crippen LogP contribution in [0.4, 0.5) is 4.79 Å². The number of nitrogens with one attached hydrogen (secondary N) is 1. The number of carbonyl (C=O) groups excluding carboxylic acids is 2. The Labute approximate surface area is 122 Å². The smallest absolute Gasteiger partial charge is 0.411 e. The van der Waals surface area contributed by atoms with Crippen molar-refractivity contribution in [2.24, 2.45) is 0 Å². The number of aromatic amines is 1. The SMILES string of the molecule is CC(C)(C)OC(=O)N1CC(=O)c2c[nH]c3cccc(c23)C1. The van der Waals surface area contributed by atoms with E-state index in [2.05, 4.69) is 4.98 Å². The average molecular weight is 286 g/mol. The van der Waals surface area contributed by atoms with E-state index in [0.717, 1.165) is 16.5 Å². The zero-order valence-electron chi connectivity index (χ0n) is 12.4. The summed E-state index contributed by atoms with van der Waals surface area (Å²) in [6, 6.07) is 5.79. The second-order valence-corrected chi connectivity index (χ2v) is 6.30. The lowest BCUT2D eigenvalue weighted by Crippen LogP contribution is -2.38. The van der Waals surface area contributed by atoms with Crippen molar-refractivity contribution in [3.63, 3.8) is 0 Å². The lowest BCUT2D eigenvalue weighted by atomic mass is 10.1. The Balaban J connectivity index is 1.98. The molecular weight excluding hydrogens is 268 g/mol. The van der Waals surface area contributed by atoms with Crippen LogP contribution in [0.3, 0.4) is 0 Å². The van der Waals surface area contributed by atoms with Crippen molar-refractivity contribution in [2.45, 2.75) is 32.9 Å². The molecule has 1 N–H and O–H groups in total. The molecule has 110 valence electrons. The third kappa shape index (κ3) is 2.51. The molecule has 3 rings (SSSR count). The Kier molecular flexibility index (Phi) is 3.01. The molecule has 0 saturated carbocycles. The normalized spacial score (nSPS) is 15.2. The zero-order valence-corrected chi connectivity index (χ0v) is 12.4. The third-order valence-electron chi connectivity index (χ3n) is 3.44. The number of rotatable bonds is 0. The van der Waals surface area contributed by atoms with E-state index >= 15 is 0 Å². The summed E-state index contributed by atoms with van der Waals surface area (Å²) in [5.74, 6) is -0.0722. The Hall–Kier alpha value is -2.30. The zero-order chi connectivity index (χ0) is 15.2. The molecule has 1 aliphatic heterocycles. The minimum atomic E-state index is -0.575. The second-order valence-electron chi connectivity index (χ2n) is 6.30. The molecule has 0 radical (unpaired) electrons. The van der Waals surface area contributed by atoms with Crippen LogP contribution in [0.2, 0.25) is 0 Å². The van der Waals surface area contributed by atoms with Gasteiger partial charge in [-0.3, -0.25) is 9.69 Å². The van der Waals surface area contributed by atoms with Crippen LogP contribution in [-0.2, 0) is 11.3 Å². The van der Waals surface area contributed by atoms with Gasteiger partial charge in [0.25, 0.3) is 0 Å². The number of hydrogen-bond acceptors (Lipinski definition) is 3. The van der Waals surface area contributed by atoms with E-state index in [1.54, 1.807) is 6.20 Å². The largest absolute Gasteiger partial charge is 0.444 e. The molecule has 0 spiro atoms. The Morgan fingerprint density at radius 2 is 2.05 bits per heavy atom. The standard InChI is InChI=1S/C16H18N2O3/c1-16(2,3)21-15(20)18-8-10-5-4-6-12-14(10)11(7-17-12)13(19)9-18/h4-7,17H,8-9H2,1-3H3. The molecule has 0 atom stereocenters. The Morgan fingerprint density at radius 1 is 1.29 bits per heavy atom. The van der Waals surface area contributed by atoms with Gasteiger partial charge in [-0.05, 0) is 32.4 Å². The van der Waals surface area contributed by atoms with Gasteiger partial charge in [0, 0.05) is 22.7 Å². The summed E-state index contributed by atoms with van der Waals surface area (Å²) >= 11 is 0. The maximum absolute atomic E-state index is 12.4. The van der Waals surface area contributed by atoms with Gasteiger partial charge < -0.3 is 9.72 Å². The first kappa shape index (κ1) is 13.7. The summed E-state index contributed by atoms with van der Waals surface area (Å²) in [5, 5.41) is 0.911. The number of nitrogens with zero attached hydrogens (tertiary/aromatic N) is 1. The number of aromatic nitrogens is 1. The molecule has 0 unspecified atom stereocenters. The van der Waals surface area contributed by atoms with Crippen molar-refractivity contribution in [2.75, 3.05) is 6.54 Å². The van der Waals surface area contributed by atoms with Crippen LogP contribution in [0, 0.1) is 0 Å². The summed E-state index contributed by atoms with van der Waals surface area (Å²) in [6.07, 6.45) is 1.26. The number of benzene rings is 1. The maximum atomic E-state index is 12.4. The lowest BCUT2D eigenvalue weighted by Gasteiger charge is -2.26. The lowest BCUT2D eigenvalue weighted by molar-refractivity contribution is 0.0235. The van der Waals surface area contributed by atoms with E-state index in [1.807, 2.05) is 39.0 Å². The average Bonchev–Trinajstić information content (AvgIpc) is 2.74. The molecule has 0 saturated heterocycles. The number of hydrogen-bond donors (Lipinski definition) is 1. The van der Waals surface area contributed by atoms with E-state index in [-0.39, 0.29) is 12.3 Å². The molecule has 21 heavy (non-hydrogen) atoms. The van der Waals surface area contributed by atoms with Gasteiger partial charge in [-0.1, -0.05) is 12.1 Å². The molecule has 5 heteroatoms. The molecular formula is C16H18N2O3. The highest BCUT2D eigenvalue weighted by atomic mass is 16.6. The summed E-state index contributed by atoms with van der Waals surface area (Å²) in [6.45, 7) is 5.86. The van der Waals surface area contributed by atoms with Crippen LogP contribution in [0.25, 0.3) is 10.9 Å². The fourth-order valence-electron chi connectivity index (χ4n) is 2.59. The van der Waals surface area contributed by atoms with Gasteiger partial charge in [-0.2, -0.15) is 0 Å². The molecule has 1 amide bonds. The Morgan fingerprint density at radius 3 is 2.76 bits per heavy atom. The van der Waals surface area contributed by atoms with Crippen LogP contribution in [-0.4, -0.2) is 33.9 Å². The first-order valence-electron chi connectivity index (χ1n) is 6.95. The van der Waals surface area contributed by atoms with Crippen molar-refractivity contribution < 1.29 is 14.3 Å². The van der Waals surface area contributed by atoms with Gasteiger partial charge in [-0.15, -0.1) is 0 Å². The molecule has 2 aromatic rings. The number of Topliss-reactive ketones (excluding diaryl/α,β-unsaturated/α-hetero) is 1. The van der Waals surface area contributed by atoms with Crippen LogP contribution >= 0.6 is 0 Å². The minimum Gasteiger partial charge on any atom is -0.444 e. The monoisotopic (exact) mass is 286 g/mol. The predicted molar refractivity (Wildman–Crippen MR) is 79.3 cm³/mol. The van der Waals surface area contributed by atoms with Crippen LogP contribution in [0.15, 0.2) is 24.4 Å². The van der Waals surface area contributed by atoms with Crippen molar-refractivity contribution in [1.29, 1.82) is 0 Å². The van der Waals surface area contributed by atoms with Gasteiger partial charge in [-0.25, -0.2) is 4.79 Å². The fourth-order valence-corrected chi connectivity index (χ4v) is 2.59. The number of ether oxygens (including phenoxy) is 1. The van der Waals surface area contributed by atoms with E-state index in [9.17, 15) is 9.59 Å². The van der Waals surface area contributed by atoms with Crippen molar-refractivity contribution >= 4 is 22.8 Å². The fraction of sp³-hybridized carbons (Fsp3) is 0.375. The molecule has 5 nitrogen and oxygen atoms in total. The van der Waals surface area contributed by atoms with Gasteiger partial charge in [0.05, 0.1) is 13.1 Å². The topological polar surface area (TPSA) is 62.4 Å². The van der Waals surface area contributed by atoms with Crippen molar-refractivity contribution in [3.05, 3.63) is 35.5 Å². The number of carbonyl (C=O) groups is 2. The highest BCUT2D eigenvalue weighted by molar-refractivity contribution is 6.11. The molecule has 0 aliphatic carbocycles. The highest BCUT2D eigenvalue weighted by Gasteiger charge is 2.29. The Bertz CT molecular complexity index is 725. The summed E-state index contributed by atoms with van der Waals surface area (Å²) in [7, 11) is 0. The minimum absolute atomic E-state index is 0.0382. The molecule has 0 fully saturated rings. The van der Waals surface area contributed by atoms with Crippen molar-refractivity contribution in [1.82, 2.24) is 9.88 Å². The molecule has 1 aromatic heterocycles. The van der Waals surface area contributed by atoms with Crippen LogP contribution in [0.5, 0.6) is 0 Å². The molecule has 1 aromatic carbocycles. The summed E-state index contributed by atoms with van der Waals surface area (Å²) in [5.41, 5.74) is 1.95. The summed E-state index contributed by atoms with van der Waals surface area (Å²) in [4.78, 5) is 29.2. The highest BCUT2D eigenvalue weighted by Crippen LogP contribution is 2.27. The third-order valence-corrected chi connectivity index (χ3v) is 3.44. The van der Waals surface area contributed by atoms with Gasteiger partial charge in [0.1, 0.15) is 5.60 Å². The second kappa shape index (κ2) is 4.62. The number of H-pyrrole nitrogens is 1. The molecule has 0 bridgehead atoms. The van der Waals surface area contributed by atoms with Gasteiger partial charge in [0.2, 0.25) is 0 Å². The maximum Gasteiger partial charge on any atom is 0.411 e. The molecule has 1 aliphatic rings. The first-order valence-corrected chi connectivity index (χ1v) is 6.95.